The fraction of sp³-hybridized carbons (Fsp3) is 0.600. The molecule has 0 spiro atoms. The number of ether oxygens (including phenoxy) is 2. The molecule has 1 atom stereocenters. The maximum Gasteiger partial charge on any atom is 0.414 e. The SMILES string of the molecule is CCOc1cnc(NC(=O)N(C)[C@H]2CN(c3nccc(OC(=O)NC4(C(F)(F)F)CCN(C)CC4)n3)CCC2(F)F)cn1. The zero-order chi connectivity index (χ0) is 31.4. The van der Waals surface area contributed by atoms with Crippen LogP contribution >= 0.6 is 0 Å². The van der Waals surface area contributed by atoms with Crippen LogP contribution in [0, 0.1) is 0 Å². The van der Waals surface area contributed by atoms with Gasteiger partial charge in [-0.1, -0.05) is 0 Å². The zero-order valence-corrected chi connectivity index (χ0v) is 23.7. The molecule has 0 aromatic carbocycles. The maximum absolute atomic E-state index is 15.0. The average Bonchev–Trinajstić information content (AvgIpc) is 2.94. The lowest BCUT2D eigenvalue weighted by Crippen LogP contribution is -2.63. The van der Waals surface area contributed by atoms with Crippen molar-refractivity contribution >= 4 is 23.9 Å². The van der Waals surface area contributed by atoms with Crippen LogP contribution < -0.4 is 25.0 Å². The molecule has 0 bridgehead atoms. The minimum Gasteiger partial charge on any atom is -0.477 e. The molecule has 18 heteroatoms. The predicted molar refractivity (Wildman–Crippen MR) is 142 cm³/mol. The number of carbonyl (C=O) groups is 2. The van der Waals surface area contributed by atoms with E-state index in [4.69, 9.17) is 9.47 Å². The Hall–Kier alpha value is -4.09. The molecule has 2 aromatic rings. The summed E-state index contributed by atoms with van der Waals surface area (Å²) in [5.74, 6) is -3.51. The van der Waals surface area contributed by atoms with Crippen LogP contribution in [-0.4, -0.2) is 112 Å². The topological polar surface area (TPSA) is 138 Å². The lowest BCUT2D eigenvalue weighted by atomic mass is 9.87. The minimum atomic E-state index is -4.71. The molecule has 2 aliphatic heterocycles. The second-order valence-electron chi connectivity index (χ2n) is 10.3. The Labute approximate surface area is 243 Å². The molecule has 3 amide bonds. The highest BCUT2D eigenvalue weighted by molar-refractivity contribution is 5.88. The van der Waals surface area contributed by atoms with Crippen LogP contribution in [0.25, 0.3) is 0 Å². The molecule has 4 heterocycles. The van der Waals surface area contributed by atoms with Gasteiger partial charge in [-0.05, 0) is 26.8 Å². The van der Waals surface area contributed by atoms with Gasteiger partial charge < -0.3 is 29.5 Å². The summed E-state index contributed by atoms with van der Waals surface area (Å²) in [6, 6.07) is -1.33. The Morgan fingerprint density at radius 1 is 1.09 bits per heavy atom. The van der Waals surface area contributed by atoms with Crippen LogP contribution in [0.2, 0.25) is 0 Å². The molecule has 0 aliphatic carbocycles. The van der Waals surface area contributed by atoms with E-state index in [0.717, 1.165) is 11.0 Å². The van der Waals surface area contributed by atoms with Gasteiger partial charge in [-0.2, -0.15) is 18.2 Å². The van der Waals surface area contributed by atoms with Gasteiger partial charge in [0.1, 0.15) is 11.6 Å². The van der Waals surface area contributed by atoms with E-state index in [-0.39, 0.29) is 56.0 Å². The molecule has 2 aromatic heterocycles. The van der Waals surface area contributed by atoms with E-state index in [9.17, 15) is 31.5 Å². The van der Waals surface area contributed by atoms with Crippen LogP contribution in [0.15, 0.2) is 24.7 Å². The molecule has 0 unspecified atom stereocenters. The third kappa shape index (κ3) is 7.47. The number of rotatable bonds is 7. The monoisotopic (exact) mass is 617 g/mol. The number of nitrogens with one attached hydrogen (secondary N) is 2. The number of likely N-dealkylation sites (tertiary alicyclic amines) is 1. The molecular formula is C25H32F5N9O4. The lowest BCUT2D eigenvalue weighted by Gasteiger charge is -2.42. The Kier molecular flexibility index (Phi) is 9.36. The Balaban J connectivity index is 1.42. The van der Waals surface area contributed by atoms with Crippen molar-refractivity contribution in [2.24, 2.45) is 0 Å². The summed E-state index contributed by atoms with van der Waals surface area (Å²) < 4.78 is 81.8. The van der Waals surface area contributed by atoms with Gasteiger partial charge in [0.15, 0.2) is 5.82 Å². The summed E-state index contributed by atoms with van der Waals surface area (Å²) in [4.78, 5) is 45.3. The number of urea groups is 1. The standard InChI is InChI=1S/C25H32F5N9O4/c1-4-42-19-14-32-17(13-33-19)34-21(40)38(3)16-15-39(12-8-24(16,26)27)20-31-9-5-18(35-20)43-22(41)36-23(25(28,29)30)6-10-37(2)11-7-23/h5,9,13-14,16H,4,6-8,10-12,15H2,1-3H3,(H,36,41)(H,32,34,40)/t16-/m0/s1. The number of anilines is 2. The first-order valence-corrected chi connectivity index (χ1v) is 13.4. The van der Waals surface area contributed by atoms with E-state index in [0.29, 0.717) is 6.61 Å². The maximum atomic E-state index is 15.0. The van der Waals surface area contributed by atoms with Gasteiger partial charge in [-0.25, -0.2) is 33.3 Å². The van der Waals surface area contributed by atoms with Gasteiger partial charge in [0.05, 0.1) is 19.0 Å². The van der Waals surface area contributed by atoms with Crippen LogP contribution in [-0.2, 0) is 0 Å². The number of piperidine rings is 2. The largest absolute Gasteiger partial charge is 0.477 e. The summed E-state index contributed by atoms with van der Waals surface area (Å²) in [5, 5.41) is 4.37. The molecule has 2 saturated heterocycles. The van der Waals surface area contributed by atoms with Crippen molar-refractivity contribution in [3.8, 4) is 11.8 Å². The number of aromatic nitrogens is 4. The van der Waals surface area contributed by atoms with Crippen molar-refractivity contribution < 1.29 is 41.0 Å². The van der Waals surface area contributed by atoms with Gasteiger partial charge in [0.25, 0.3) is 5.92 Å². The molecule has 43 heavy (non-hydrogen) atoms. The zero-order valence-electron chi connectivity index (χ0n) is 23.7. The van der Waals surface area contributed by atoms with E-state index in [2.05, 4.69) is 25.3 Å². The highest BCUT2D eigenvalue weighted by atomic mass is 19.4. The number of likely N-dealkylation sites (N-methyl/N-ethyl adjacent to an activating group) is 1. The fourth-order valence-corrected chi connectivity index (χ4v) is 4.75. The van der Waals surface area contributed by atoms with Crippen molar-refractivity contribution in [2.45, 2.75) is 49.9 Å². The van der Waals surface area contributed by atoms with Crippen molar-refractivity contribution in [1.29, 1.82) is 0 Å². The first kappa shape index (κ1) is 31.8. The fourth-order valence-electron chi connectivity index (χ4n) is 4.75. The normalized spacial score (nSPS) is 20.2. The van der Waals surface area contributed by atoms with Crippen molar-refractivity contribution in [3.63, 3.8) is 0 Å². The van der Waals surface area contributed by atoms with Crippen LogP contribution in [0.4, 0.5) is 43.3 Å². The predicted octanol–water partition coefficient (Wildman–Crippen LogP) is 3.16. The molecule has 2 aliphatic rings. The molecule has 2 fully saturated rings. The highest BCUT2D eigenvalue weighted by Crippen LogP contribution is 2.38. The number of amides is 3. The third-order valence-corrected chi connectivity index (χ3v) is 7.36. The number of hydrogen-bond donors (Lipinski definition) is 2. The Bertz CT molecular complexity index is 1280. The van der Waals surface area contributed by atoms with E-state index in [1.165, 1.54) is 30.5 Å². The number of halogens is 5. The molecule has 4 rings (SSSR count). The average molecular weight is 618 g/mol. The molecule has 13 nitrogen and oxygen atoms in total. The van der Waals surface area contributed by atoms with Gasteiger partial charge in [-0.3, -0.25) is 5.32 Å². The molecule has 0 radical (unpaired) electrons. The number of carbonyl (C=O) groups excluding carboxylic acids is 2. The van der Waals surface area contributed by atoms with Crippen molar-refractivity contribution in [3.05, 3.63) is 24.7 Å². The molecule has 236 valence electrons. The summed E-state index contributed by atoms with van der Waals surface area (Å²) in [6.45, 7) is 1.76. The van der Waals surface area contributed by atoms with Gasteiger partial charge in [0.2, 0.25) is 17.7 Å². The number of hydrogen-bond acceptors (Lipinski definition) is 10. The smallest absolute Gasteiger partial charge is 0.414 e. The van der Waals surface area contributed by atoms with E-state index in [1.807, 2.05) is 5.32 Å². The van der Waals surface area contributed by atoms with E-state index < -0.39 is 48.8 Å². The second kappa shape index (κ2) is 12.6. The van der Waals surface area contributed by atoms with Gasteiger partial charge in [0, 0.05) is 51.9 Å². The Morgan fingerprint density at radius 2 is 1.81 bits per heavy atom. The third-order valence-electron chi connectivity index (χ3n) is 7.36. The lowest BCUT2D eigenvalue weighted by molar-refractivity contribution is -0.205. The summed E-state index contributed by atoms with van der Waals surface area (Å²) in [6.07, 6.45) is -3.75. The van der Waals surface area contributed by atoms with Crippen LogP contribution in [0.5, 0.6) is 11.8 Å². The summed E-state index contributed by atoms with van der Waals surface area (Å²) in [5.41, 5.74) is -2.46. The number of nitrogens with zero attached hydrogens (tertiary/aromatic N) is 7. The minimum absolute atomic E-state index is 0.0234. The van der Waals surface area contributed by atoms with Crippen LogP contribution in [0.1, 0.15) is 26.2 Å². The van der Waals surface area contributed by atoms with Gasteiger partial charge in [-0.15, -0.1) is 0 Å². The first-order chi connectivity index (χ1) is 20.2. The molecule has 0 saturated carbocycles. The second-order valence-corrected chi connectivity index (χ2v) is 10.3. The highest BCUT2D eigenvalue weighted by Gasteiger charge is 2.57. The molecule has 2 N–H and O–H groups in total. The summed E-state index contributed by atoms with van der Waals surface area (Å²) >= 11 is 0. The Morgan fingerprint density at radius 3 is 2.44 bits per heavy atom. The van der Waals surface area contributed by atoms with Crippen LogP contribution in [0.3, 0.4) is 0 Å². The van der Waals surface area contributed by atoms with Crippen molar-refractivity contribution in [2.75, 3.05) is 57.1 Å². The first-order valence-electron chi connectivity index (χ1n) is 13.4. The van der Waals surface area contributed by atoms with E-state index >= 15 is 0 Å². The quantitative estimate of drug-likeness (QED) is 0.446. The van der Waals surface area contributed by atoms with Gasteiger partial charge >= 0.3 is 18.3 Å². The molecular weight excluding hydrogens is 585 g/mol. The van der Waals surface area contributed by atoms with Crippen molar-refractivity contribution in [1.82, 2.24) is 35.1 Å². The summed E-state index contributed by atoms with van der Waals surface area (Å²) in [7, 11) is 2.88. The van der Waals surface area contributed by atoms with E-state index in [1.54, 1.807) is 18.9 Å². The number of alkyl halides is 5.